The first-order chi connectivity index (χ1) is 12.1. The lowest BCUT2D eigenvalue weighted by molar-refractivity contribution is 0.101. The summed E-state index contributed by atoms with van der Waals surface area (Å²) in [5.74, 6) is -0.0895. The predicted octanol–water partition coefficient (Wildman–Crippen LogP) is 4.33. The molecule has 0 saturated carbocycles. The van der Waals surface area contributed by atoms with E-state index < -0.39 is 5.78 Å². The minimum Gasteiger partial charge on any atom is -0.504 e. The molecule has 0 unspecified atom stereocenters. The Morgan fingerprint density at radius 1 is 1.28 bits per heavy atom. The average Bonchev–Trinajstić information content (AvgIpc) is 3.06. The zero-order chi connectivity index (χ0) is 17.8. The van der Waals surface area contributed by atoms with Crippen molar-refractivity contribution < 1.29 is 19.1 Å². The van der Waals surface area contributed by atoms with Gasteiger partial charge in [-0.3, -0.25) is 4.79 Å². The third-order valence-electron chi connectivity index (χ3n) is 3.61. The first kappa shape index (κ1) is 16.3. The Hall–Kier alpha value is -3.52. The number of hydrogen-bond acceptors (Lipinski definition) is 5. The Labute approximate surface area is 144 Å². The number of ketones is 1. The Morgan fingerprint density at radius 3 is 2.80 bits per heavy atom. The van der Waals surface area contributed by atoms with E-state index >= 15 is 0 Å². The average molecular weight is 333 g/mol. The molecule has 3 rings (SSSR count). The number of furan rings is 1. The van der Waals surface area contributed by atoms with Gasteiger partial charge in [-0.05, 0) is 42.8 Å². The van der Waals surface area contributed by atoms with Gasteiger partial charge < -0.3 is 14.3 Å². The Kier molecular flexibility index (Phi) is 4.53. The Bertz CT molecular complexity index is 975. The molecule has 0 spiro atoms. The summed E-state index contributed by atoms with van der Waals surface area (Å²) in [6.45, 7) is 2.19. The van der Waals surface area contributed by atoms with Crippen molar-refractivity contribution in [2.24, 2.45) is 0 Å². The highest BCUT2D eigenvalue weighted by molar-refractivity contribution is 6.13. The van der Waals surface area contributed by atoms with E-state index in [1.54, 1.807) is 31.2 Å². The van der Waals surface area contributed by atoms with Crippen molar-refractivity contribution in [2.45, 2.75) is 6.92 Å². The van der Waals surface area contributed by atoms with E-state index in [2.05, 4.69) is 0 Å². The molecule has 0 aliphatic carbocycles. The number of Topliss-reactive ketones (excluding diaryl/α,β-unsaturated/α-hetero) is 1. The fourth-order valence-electron chi connectivity index (χ4n) is 2.43. The molecule has 0 bridgehead atoms. The van der Waals surface area contributed by atoms with E-state index in [9.17, 15) is 15.2 Å². The summed E-state index contributed by atoms with van der Waals surface area (Å²) in [5.41, 5.74) is 1.10. The van der Waals surface area contributed by atoms with Gasteiger partial charge in [0, 0.05) is 5.39 Å². The maximum Gasteiger partial charge on any atom is 0.238 e. The number of aromatic hydroxyl groups is 1. The lowest BCUT2D eigenvalue weighted by atomic mass is 10.1. The molecule has 0 fully saturated rings. The summed E-state index contributed by atoms with van der Waals surface area (Å²) in [6, 6.07) is 15.4. The topological polar surface area (TPSA) is 83.5 Å². The molecule has 0 atom stereocenters. The normalized spacial score (nSPS) is 11.3. The number of benzene rings is 2. The zero-order valence-corrected chi connectivity index (χ0v) is 13.5. The number of phenolic OH excluding ortho intramolecular Hbond substituents is 1. The Morgan fingerprint density at radius 2 is 2.08 bits per heavy atom. The van der Waals surface area contributed by atoms with Crippen molar-refractivity contribution in [2.75, 3.05) is 6.61 Å². The fraction of sp³-hybridized carbons (Fsp3) is 0.100. The van der Waals surface area contributed by atoms with Crippen molar-refractivity contribution in [1.82, 2.24) is 0 Å². The molecule has 124 valence electrons. The van der Waals surface area contributed by atoms with Gasteiger partial charge in [-0.2, -0.15) is 5.26 Å². The molecule has 1 N–H and O–H groups in total. The molecule has 2 aromatic carbocycles. The summed E-state index contributed by atoms with van der Waals surface area (Å²) in [6.07, 6.45) is 1.44. The summed E-state index contributed by atoms with van der Waals surface area (Å²) in [4.78, 5) is 12.6. The van der Waals surface area contributed by atoms with Gasteiger partial charge in [0.25, 0.3) is 0 Å². The molecule has 5 nitrogen and oxygen atoms in total. The molecule has 0 amide bonds. The molecule has 25 heavy (non-hydrogen) atoms. The van der Waals surface area contributed by atoms with Gasteiger partial charge in [-0.15, -0.1) is 0 Å². The van der Waals surface area contributed by atoms with Crippen molar-refractivity contribution in [1.29, 1.82) is 5.26 Å². The molecule has 1 aromatic heterocycles. The zero-order valence-electron chi connectivity index (χ0n) is 13.5. The number of carbonyl (C=O) groups is 1. The summed E-state index contributed by atoms with van der Waals surface area (Å²) >= 11 is 0. The van der Waals surface area contributed by atoms with E-state index in [0.29, 0.717) is 23.5 Å². The maximum atomic E-state index is 12.6. The van der Waals surface area contributed by atoms with Crippen LogP contribution in [0.5, 0.6) is 11.5 Å². The lowest BCUT2D eigenvalue weighted by Gasteiger charge is -2.06. The number of allylic oxidation sites excluding steroid dienone is 1. The van der Waals surface area contributed by atoms with E-state index in [1.807, 2.05) is 24.3 Å². The van der Waals surface area contributed by atoms with Crippen LogP contribution in [0.2, 0.25) is 0 Å². The van der Waals surface area contributed by atoms with Gasteiger partial charge >= 0.3 is 0 Å². The highest BCUT2D eigenvalue weighted by Crippen LogP contribution is 2.28. The third-order valence-corrected chi connectivity index (χ3v) is 3.61. The number of ether oxygens (including phenoxy) is 1. The Balaban J connectivity index is 1.96. The second-order valence-corrected chi connectivity index (χ2v) is 5.31. The van der Waals surface area contributed by atoms with Crippen molar-refractivity contribution in [3.8, 4) is 17.6 Å². The SMILES string of the molecule is CCOc1cc(C=C(C#N)C(=O)c2cc3ccccc3o2)ccc1O. The molecule has 0 aliphatic rings. The van der Waals surface area contributed by atoms with E-state index in [1.165, 1.54) is 12.1 Å². The van der Waals surface area contributed by atoms with Gasteiger partial charge in [0.05, 0.1) is 6.61 Å². The summed E-state index contributed by atoms with van der Waals surface area (Å²) in [7, 11) is 0. The highest BCUT2D eigenvalue weighted by Gasteiger charge is 2.17. The molecule has 0 aliphatic heterocycles. The number of fused-ring (bicyclic) bond motifs is 1. The largest absolute Gasteiger partial charge is 0.504 e. The van der Waals surface area contributed by atoms with E-state index in [-0.39, 0.29) is 17.1 Å². The van der Waals surface area contributed by atoms with Crippen molar-refractivity contribution >= 4 is 22.8 Å². The number of carbonyl (C=O) groups excluding carboxylic acids is 1. The number of hydrogen-bond donors (Lipinski definition) is 1. The van der Waals surface area contributed by atoms with Crippen LogP contribution in [0.4, 0.5) is 0 Å². The van der Waals surface area contributed by atoms with Crippen LogP contribution >= 0.6 is 0 Å². The van der Waals surface area contributed by atoms with Crippen LogP contribution in [0.15, 0.2) is 58.5 Å². The van der Waals surface area contributed by atoms with Crippen LogP contribution < -0.4 is 4.74 Å². The second-order valence-electron chi connectivity index (χ2n) is 5.31. The molecular weight excluding hydrogens is 318 g/mol. The van der Waals surface area contributed by atoms with Crippen LogP contribution in [-0.2, 0) is 0 Å². The lowest BCUT2D eigenvalue weighted by Crippen LogP contribution is -2.00. The van der Waals surface area contributed by atoms with Crippen LogP contribution in [0.3, 0.4) is 0 Å². The first-order valence-electron chi connectivity index (χ1n) is 7.73. The molecule has 1 heterocycles. The standard InChI is InChI=1S/C20H15NO4/c1-2-24-18-10-13(7-8-16(18)22)9-15(12-21)20(23)19-11-14-5-3-4-6-17(14)25-19/h3-11,22H,2H2,1H3. The summed E-state index contributed by atoms with van der Waals surface area (Å²) < 4.78 is 10.8. The third kappa shape index (κ3) is 3.38. The molecular formula is C20H15NO4. The van der Waals surface area contributed by atoms with Gasteiger partial charge in [0.2, 0.25) is 5.78 Å². The second kappa shape index (κ2) is 6.93. The number of para-hydroxylation sites is 1. The molecule has 0 radical (unpaired) electrons. The number of nitriles is 1. The number of nitrogens with zero attached hydrogens (tertiary/aromatic N) is 1. The van der Waals surface area contributed by atoms with Crippen LogP contribution in [0.25, 0.3) is 17.0 Å². The molecule has 3 aromatic rings. The quantitative estimate of drug-likeness (QED) is 0.427. The van der Waals surface area contributed by atoms with Crippen molar-refractivity contribution in [3.05, 3.63) is 65.4 Å². The molecule has 0 saturated heterocycles. The minimum atomic E-state index is -0.496. The van der Waals surface area contributed by atoms with Crippen LogP contribution in [-0.4, -0.2) is 17.5 Å². The van der Waals surface area contributed by atoms with Crippen LogP contribution in [0.1, 0.15) is 23.0 Å². The van der Waals surface area contributed by atoms with Crippen LogP contribution in [0, 0.1) is 11.3 Å². The van der Waals surface area contributed by atoms with Gasteiger partial charge in [0.15, 0.2) is 17.3 Å². The van der Waals surface area contributed by atoms with E-state index in [4.69, 9.17) is 9.15 Å². The minimum absolute atomic E-state index is 0.00104. The number of phenols is 1. The first-order valence-corrected chi connectivity index (χ1v) is 7.73. The van der Waals surface area contributed by atoms with Crippen molar-refractivity contribution in [3.63, 3.8) is 0 Å². The summed E-state index contributed by atoms with van der Waals surface area (Å²) in [5, 5.41) is 19.9. The van der Waals surface area contributed by atoms with E-state index in [0.717, 1.165) is 5.39 Å². The highest BCUT2D eigenvalue weighted by atomic mass is 16.5. The fourth-order valence-corrected chi connectivity index (χ4v) is 2.43. The predicted molar refractivity (Wildman–Crippen MR) is 93.4 cm³/mol. The van der Waals surface area contributed by atoms with Gasteiger partial charge in [0.1, 0.15) is 17.2 Å². The number of rotatable bonds is 5. The molecule has 5 heteroatoms. The van der Waals surface area contributed by atoms with Gasteiger partial charge in [-0.25, -0.2) is 0 Å². The smallest absolute Gasteiger partial charge is 0.238 e. The maximum absolute atomic E-state index is 12.6. The monoisotopic (exact) mass is 333 g/mol. The van der Waals surface area contributed by atoms with Gasteiger partial charge in [-0.1, -0.05) is 24.3 Å².